The minimum Gasteiger partial charge on any atom is -0.394 e. The van der Waals surface area contributed by atoms with Crippen LogP contribution in [0.2, 0.25) is 0 Å². The summed E-state index contributed by atoms with van der Waals surface area (Å²) in [6.45, 7) is 1.31. The van der Waals surface area contributed by atoms with Crippen LogP contribution in [0.4, 0.5) is 4.79 Å². The van der Waals surface area contributed by atoms with E-state index in [1.807, 2.05) is 0 Å². The molecular weight excluding hydrogens is 240 g/mol. The molecule has 0 aromatic carbocycles. The Morgan fingerprint density at radius 2 is 2.33 bits per heavy atom. The molecule has 0 aliphatic carbocycles. The van der Waals surface area contributed by atoms with Crippen molar-refractivity contribution in [3.05, 3.63) is 11.8 Å². The zero-order chi connectivity index (χ0) is 13.3. The monoisotopic (exact) mass is 255 g/mol. The first-order valence-corrected chi connectivity index (χ1v) is 5.62. The van der Waals surface area contributed by atoms with Crippen LogP contribution in [0.15, 0.2) is 11.8 Å². The Morgan fingerprint density at radius 3 is 2.94 bits per heavy atom. The number of hydrogen-bond acceptors (Lipinski definition) is 5. The van der Waals surface area contributed by atoms with Gasteiger partial charge in [-0.15, -0.1) is 0 Å². The molecule has 0 aromatic rings. The first kappa shape index (κ1) is 12.9. The Morgan fingerprint density at radius 1 is 1.61 bits per heavy atom. The number of carbonyl (C=O) groups excluding carboxylic acids is 2. The molecule has 1 fully saturated rings. The highest BCUT2D eigenvalue weighted by atomic mass is 16.5. The van der Waals surface area contributed by atoms with E-state index in [0.717, 1.165) is 0 Å². The van der Waals surface area contributed by atoms with Crippen LogP contribution in [0.5, 0.6) is 0 Å². The lowest BCUT2D eigenvalue weighted by molar-refractivity contribution is -0.351. The lowest BCUT2D eigenvalue weighted by atomic mass is 10.1. The molecule has 3 N–H and O–H groups in total. The van der Waals surface area contributed by atoms with Crippen molar-refractivity contribution >= 4 is 18.2 Å². The van der Waals surface area contributed by atoms with Gasteiger partial charge in [-0.05, 0) is 6.92 Å². The van der Waals surface area contributed by atoms with Gasteiger partial charge in [-0.3, -0.25) is 0 Å². The largest absolute Gasteiger partial charge is 0.503 e. The van der Waals surface area contributed by atoms with Gasteiger partial charge in [0.2, 0.25) is 0 Å². The summed E-state index contributed by atoms with van der Waals surface area (Å²) in [5.74, 6) is -0.426. The minimum absolute atomic E-state index is 0.273. The number of nitrogens with zero attached hydrogens (tertiary/aromatic N) is 1. The molecular formula is C11H15N2O5+. The summed E-state index contributed by atoms with van der Waals surface area (Å²) in [6, 6.07) is -0.559. The van der Waals surface area contributed by atoms with E-state index < -0.39 is 30.3 Å². The second kappa shape index (κ2) is 4.97. The maximum Gasteiger partial charge on any atom is 0.503 e. The molecule has 7 heteroatoms. The summed E-state index contributed by atoms with van der Waals surface area (Å²) in [7, 11) is 0. The van der Waals surface area contributed by atoms with E-state index in [4.69, 9.17) is 9.84 Å². The lowest BCUT2D eigenvalue weighted by Crippen LogP contribution is -2.41. The van der Waals surface area contributed by atoms with Crippen LogP contribution in [0.3, 0.4) is 0 Å². The molecule has 2 heterocycles. The molecule has 0 aromatic heterocycles. The Hall–Kier alpha value is -1.57. The smallest absolute Gasteiger partial charge is 0.394 e. The van der Waals surface area contributed by atoms with Crippen LogP contribution < -0.4 is 5.32 Å². The fourth-order valence-corrected chi connectivity index (χ4v) is 1.90. The summed E-state index contributed by atoms with van der Waals surface area (Å²) in [5, 5.41) is 20.7. The van der Waals surface area contributed by atoms with Gasteiger partial charge in [-0.2, -0.15) is 14.7 Å². The number of urea groups is 1. The van der Waals surface area contributed by atoms with Crippen molar-refractivity contribution in [3.8, 4) is 0 Å². The van der Waals surface area contributed by atoms with Crippen molar-refractivity contribution in [1.82, 2.24) is 5.32 Å². The summed E-state index contributed by atoms with van der Waals surface area (Å²) in [4.78, 5) is 22.7. The Labute approximate surface area is 103 Å². The first-order chi connectivity index (χ1) is 8.51. The van der Waals surface area contributed by atoms with Gasteiger partial charge in [0, 0.05) is 6.42 Å². The fraction of sp³-hybridized carbons (Fsp3) is 0.545. The Bertz CT molecular complexity index is 443. The number of imide groups is 1. The van der Waals surface area contributed by atoms with Gasteiger partial charge < -0.3 is 14.9 Å². The van der Waals surface area contributed by atoms with Crippen molar-refractivity contribution in [2.75, 3.05) is 6.61 Å². The molecule has 3 amide bonds. The SMILES string of the molecule is CC1=C/[N+](=C\C2CC(O)[C@H](CO)O2)C(=O)NC1=O. The molecule has 0 bridgehead atoms. The number of nitrogens with one attached hydrogen (secondary N) is 1. The van der Waals surface area contributed by atoms with Gasteiger partial charge in [0.25, 0.3) is 0 Å². The molecule has 2 rings (SSSR count). The Balaban J connectivity index is 2.14. The van der Waals surface area contributed by atoms with Gasteiger partial charge in [-0.1, -0.05) is 0 Å². The highest BCUT2D eigenvalue weighted by Crippen LogP contribution is 2.19. The summed E-state index contributed by atoms with van der Waals surface area (Å²) in [6.07, 6.45) is 1.32. The normalized spacial score (nSPS) is 34.7. The molecule has 98 valence electrons. The maximum atomic E-state index is 11.5. The number of aliphatic hydroxyl groups is 2. The average molecular weight is 255 g/mol. The third-order valence-electron chi connectivity index (χ3n) is 2.91. The zero-order valence-electron chi connectivity index (χ0n) is 9.87. The fourth-order valence-electron chi connectivity index (χ4n) is 1.90. The predicted molar refractivity (Wildman–Crippen MR) is 60.0 cm³/mol. The summed E-state index contributed by atoms with van der Waals surface area (Å²) >= 11 is 0. The molecule has 2 aliphatic heterocycles. The molecule has 0 spiro atoms. The van der Waals surface area contributed by atoms with Gasteiger partial charge >= 0.3 is 11.9 Å². The van der Waals surface area contributed by atoms with Gasteiger partial charge in [0.1, 0.15) is 24.6 Å². The van der Waals surface area contributed by atoms with Crippen molar-refractivity contribution in [2.45, 2.75) is 31.7 Å². The molecule has 18 heavy (non-hydrogen) atoms. The van der Waals surface area contributed by atoms with E-state index in [-0.39, 0.29) is 6.61 Å². The van der Waals surface area contributed by atoms with E-state index in [1.54, 1.807) is 6.92 Å². The van der Waals surface area contributed by atoms with Crippen LogP contribution in [-0.2, 0) is 9.53 Å². The number of rotatable bonds is 2. The summed E-state index contributed by atoms with van der Waals surface area (Å²) in [5.41, 5.74) is 0.406. The highest BCUT2D eigenvalue weighted by molar-refractivity contribution is 6.03. The standard InChI is InChI=1S/C11H14N2O5/c1-6-3-13(11(17)12-10(6)16)4-7-2-8(15)9(5-14)18-7/h3-4,7-9,14-15H,2,5H2,1H3/p+1/b13-4+/t7?,8?,9-/m0/s1. The topological polar surface area (TPSA) is 98.9 Å². The lowest BCUT2D eigenvalue weighted by Gasteiger charge is -2.10. The quantitative estimate of drug-likeness (QED) is 0.535. The number of carbonyl (C=O) groups is 2. The highest BCUT2D eigenvalue weighted by Gasteiger charge is 2.35. The number of ether oxygens (including phenoxy) is 1. The third-order valence-corrected chi connectivity index (χ3v) is 2.91. The minimum atomic E-state index is -0.754. The number of amides is 3. The average Bonchev–Trinajstić information content (AvgIpc) is 2.66. The molecule has 2 unspecified atom stereocenters. The molecule has 7 nitrogen and oxygen atoms in total. The van der Waals surface area contributed by atoms with Gasteiger partial charge in [-0.25, -0.2) is 4.79 Å². The van der Waals surface area contributed by atoms with E-state index >= 15 is 0 Å². The van der Waals surface area contributed by atoms with Crippen molar-refractivity contribution in [1.29, 1.82) is 0 Å². The van der Waals surface area contributed by atoms with Crippen molar-refractivity contribution in [3.63, 3.8) is 0 Å². The third kappa shape index (κ3) is 2.47. The van der Waals surface area contributed by atoms with Crippen molar-refractivity contribution < 1.29 is 29.1 Å². The van der Waals surface area contributed by atoms with E-state index in [2.05, 4.69) is 5.32 Å². The number of hydrogen-bond donors (Lipinski definition) is 3. The van der Waals surface area contributed by atoms with E-state index in [0.29, 0.717) is 12.0 Å². The van der Waals surface area contributed by atoms with E-state index in [9.17, 15) is 14.7 Å². The van der Waals surface area contributed by atoms with Crippen LogP contribution in [0, 0.1) is 0 Å². The number of aliphatic hydroxyl groups excluding tert-OH is 2. The second-order valence-corrected chi connectivity index (χ2v) is 4.33. The molecule has 0 saturated carbocycles. The molecule has 3 atom stereocenters. The maximum absolute atomic E-state index is 11.5. The van der Waals surface area contributed by atoms with Crippen LogP contribution >= 0.6 is 0 Å². The van der Waals surface area contributed by atoms with Crippen LogP contribution in [-0.4, -0.2) is 57.9 Å². The van der Waals surface area contributed by atoms with Gasteiger partial charge in [0.15, 0.2) is 0 Å². The second-order valence-electron chi connectivity index (χ2n) is 4.33. The van der Waals surface area contributed by atoms with Crippen molar-refractivity contribution in [2.24, 2.45) is 0 Å². The first-order valence-electron chi connectivity index (χ1n) is 5.62. The predicted octanol–water partition coefficient (Wildman–Crippen LogP) is -1.27. The molecule has 1 saturated heterocycles. The molecule has 0 radical (unpaired) electrons. The zero-order valence-corrected chi connectivity index (χ0v) is 9.87. The summed E-state index contributed by atoms with van der Waals surface area (Å²) < 4.78 is 6.56. The Kier molecular flexibility index (Phi) is 3.55. The van der Waals surface area contributed by atoms with Crippen LogP contribution in [0.25, 0.3) is 0 Å². The molecule has 2 aliphatic rings. The van der Waals surface area contributed by atoms with Crippen LogP contribution in [0.1, 0.15) is 13.3 Å². The van der Waals surface area contributed by atoms with E-state index in [1.165, 1.54) is 17.0 Å². The van der Waals surface area contributed by atoms with Gasteiger partial charge in [0.05, 0.1) is 18.3 Å².